The van der Waals surface area contributed by atoms with Crippen molar-refractivity contribution >= 4 is 13.2 Å². The molecule has 2 rings (SSSR count). The standard InChI is InChI=1S/C10H11F2P/c11-8-4-3-5-9(10(8)12)13-6-1-2-7-13/h3-5H,1-2,6-7H2. The van der Waals surface area contributed by atoms with Gasteiger partial charge in [-0.25, -0.2) is 8.78 Å². The number of hydrogen-bond acceptors (Lipinski definition) is 0. The highest BCUT2D eigenvalue weighted by molar-refractivity contribution is 7.65. The van der Waals surface area contributed by atoms with Crippen molar-refractivity contribution in [2.75, 3.05) is 12.3 Å². The smallest absolute Gasteiger partial charge is 0.166 e. The van der Waals surface area contributed by atoms with Crippen LogP contribution < -0.4 is 5.30 Å². The summed E-state index contributed by atoms with van der Waals surface area (Å²) in [7, 11) is -0.392. The second kappa shape index (κ2) is 3.71. The van der Waals surface area contributed by atoms with E-state index in [2.05, 4.69) is 0 Å². The Balaban J connectivity index is 2.33. The zero-order valence-corrected chi connectivity index (χ0v) is 8.16. The number of rotatable bonds is 1. The van der Waals surface area contributed by atoms with Gasteiger partial charge >= 0.3 is 0 Å². The van der Waals surface area contributed by atoms with Gasteiger partial charge in [0.25, 0.3) is 0 Å². The van der Waals surface area contributed by atoms with E-state index in [1.54, 1.807) is 12.1 Å². The van der Waals surface area contributed by atoms with Gasteiger partial charge in [0.1, 0.15) is 0 Å². The summed E-state index contributed by atoms with van der Waals surface area (Å²) in [6.07, 6.45) is 4.47. The Kier molecular flexibility index (Phi) is 2.59. The molecule has 1 aliphatic rings. The molecule has 0 nitrogen and oxygen atoms in total. The van der Waals surface area contributed by atoms with E-state index < -0.39 is 19.6 Å². The lowest BCUT2D eigenvalue weighted by atomic mass is 10.3. The van der Waals surface area contributed by atoms with E-state index in [1.165, 1.54) is 18.9 Å². The highest BCUT2D eigenvalue weighted by Gasteiger charge is 2.20. The molecule has 13 heavy (non-hydrogen) atoms. The van der Waals surface area contributed by atoms with Gasteiger partial charge < -0.3 is 0 Å². The van der Waals surface area contributed by atoms with E-state index in [-0.39, 0.29) is 0 Å². The van der Waals surface area contributed by atoms with Crippen LogP contribution in [0.4, 0.5) is 8.78 Å². The zero-order valence-electron chi connectivity index (χ0n) is 7.26. The largest absolute Gasteiger partial charge is 0.204 e. The van der Waals surface area contributed by atoms with Crippen LogP contribution in [0.15, 0.2) is 18.2 Å². The molecule has 0 atom stereocenters. The summed E-state index contributed by atoms with van der Waals surface area (Å²) in [6.45, 7) is 0. The van der Waals surface area contributed by atoms with Gasteiger partial charge in [0.2, 0.25) is 0 Å². The molecule has 0 aromatic heterocycles. The van der Waals surface area contributed by atoms with Crippen molar-refractivity contribution in [2.45, 2.75) is 12.8 Å². The Morgan fingerprint density at radius 2 is 1.77 bits per heavy atom. The summed E-state index contributed by atoms with van der Waals surface area (Å²) in [4.78, 5) is 0. The highest BCUT2D eigenvalue weighted by Crippen LogP contribution is 2.42. The Labute approximate surface area is 77.7 Å². The molecular weight excluding hydrogens is 189 g/mol. The summed E-state index contributed by atoms with van der Waals surface area (Å²) < 4.78 is 26.2. The van der Waals surface area contributed by atoms with E-state index in [1.807, 2.05) is 0 Å². The molecule has 0 bridgehead atoms. The van der Waals surface area contributed by atoms with Crippen LogP contribution in [-0.2, 0) is 0 Å². The Bertz CT molecular complexity index is 306. The first-order valence-electron chi connectivity index (χ1n) is 4.48. The Morgan fingerprint density at radius 3 is 2.46 bits per heavy atom. The van der Waals surface area contributed by atoms with E-state index in [4.69, 9.17) is 0 Å². The Hall–Kier alpha value is -0.490. The number of benzene rings is 1. The van der Waals surface area contributed by atoms with Crippen molar-refractivity contribution in [1.82, 2.24) is 0 Å². The van der Waals surface area contributed by atoms with Crippen molar-refractivity contribution in [3.05, 3.63) is 29.8 Å². The topological polar surface area (TPSA) is 0 Å². The third-order valence-corrected chi connectivity index (χ3v) is 5.12. The SMILES string of the molecule is Fc1cccc(P2CCCC2)c1F. The van der Waals surface area contributed by atoms with Crippen LogP contribution in [0.5, 0.6) is 0 Å². The van der Waals surface area contributed by atoms with Gasteiger partial charge in [-0.15, -0.1) is 0 Å². The molecule has 1 aromatic rings. The second-order valence-electron chi connectivity index (χ2n) is 3.27. The van der Waals surface area contributed by atoms with Crippen LogP contribution in [0.25, 0.3) is 0 Å². The fourth-order valence-electron chi connectivity index (χ4n) is 1.69. The summed E-state index contributed by atoms with van der Waals surface area (Å²) in [6, 6.07) is 4.52. The molecule has 0 aliphatic carbocycles. The van der Waals surface area contributed by atoms with Crippen molar-refractivity contribution in [3.8, 4) is 0 Å². The van der Waals surface area contributed by atoms with Gasteiger partial charge in [0.05, 0.1) is 0 Å². The summed E-state index contributed by atoms with van der Waals surface area (Å²) in [5, 5.41) is 0.632. The fraction of sp³-hybridized carbons (Fsp3) is 0.400. The molecule has 1 aliphatic heterocycles. The lowest BCUT2D eigenvalue weighted by molar-refractivity contribution is 0.514. The minimum absolute atomic E-state index is 0.392. The van der Waals surface area contributed by atoms with Crippen molar-refractivity contribution < 1.29 is 8.78 Å². The molecule has 0 spiro atoms. The van der Waals surface area contributed by atoms with Crippen LogP contribution in [0, 0.1) is 11.6 Å². The average Bonchev–Trinajstić information content (AvgIpc) is 2.62. The maximum atomic E-state index is 13.3. The first-order valence-corrected chi connectivity index (χ1v) is 6.19. The van der Waals surface area contributed by atoms with E-state index in [0.29, 0.717) is 5.30 Å². The van der Waals surface area contributed by atoms with Crippen molar-refractivity contribution in [1.29, 1.82) is 0 Å². The zero-order chi connectivity index (χ0) is 9.26. The molecule has 0 N–H and O–H groups in total. The normalized spacial score (nSPS) is 18.0. The lowest BCUT2D eigenvalue weighted by Crippen LogP contribution is -2.09. The molecule has 1 heterocycles. The third-order valence-electron chi connectivity index (χ3n) is 2.38. The number of halogens is 2. The van der Waals surface area contributed by atoms with Gasteiger partial charge in [0.15, 0.2) is 11.6 Å². The maximum absolute atomic E-state index is 13.3. The molecule has 70 valence electrons. The van der Waals surface area contributed by atoms with Crippen LogP contribution in [-0.4, -0.2) is 12.3 Å². The average molecular weight is 200 g/mol. The van der Waals surface area contributed by atoms with E-state index in [0.717, 1.165) is 12.3 Å². The third kappa shape index (κ3) is 1.73. The predicted octanol–water partition coefficient (Wildman–Crippen LogP) is 2.87. The van der Waals surface area contributed by atoms with E-state index in [9.17, 15) is 8.78 Å². The minimum Gasteiger partial charge on any atom is -0.204 e. The fourth-order valence-corrected chi connectivity index (χ4v) is 4.29. The lowest BCUT2D eigenvalue weighted by Gasteiger charge is -2.10. The Morgan fingerprint density at radius 1 is 1.08 bits per heavy atom. The molecule has 0 radical (unpaired) electrons. The quantitative estimate of drug-likeness (QED) is 0.611. The second-order valence-corrected chi connectivity index (χ2v) is 5.72. The molecule has 1 aromatic carbocycles. The molecule has 3 heteroatoms. The molecular formula is C10H11F2P. The van der Waals surface area contributed by atoms with E-state index >= 15 is 0 Å². The van der Waals surface area contributed by atoms with Crippen LogP contribution in [0.3, 0.4) is 0 Å². The molecule has 1 fully saturated rings. The van der Waals surface area contributed by atoms with Gasteiger partial charge in [-0.2, -0.15) is 0 Å². The molecule has 0 amide bonds. The first-order chi connectivity index (χ1) is 6.29. The minimum atomic E-state index is -0.702. The van der Waals surface area contributed by atoms with Crippen LogP contribution >= 0.6 is 7.92 Å². The van der Waals surface area contributed by atoms with Crippen molar-refractivity contribution in [3.63, 3.8) is 0 Å². The van der Waals surface area contributed by atoms with Crippen LogP contribution in [0.2, 0.25) is 0 Å². The van der Waals surface area contributed by atoms with Gasteiger partial charge in [-0.3, -0.25) is 0 Å². The summed E-state index contributed by atoms with van der Waals surface area (Å²) in [5.41, 5.74) is 0. The highest BCUT2D eigenvalue weighted by atomic mass is 31.1. The monoisotopic (exact) mass is 200 g/mol. The van der Waals surface area contributed by atoms with Crippen LogP contribution in [0.1, 0.15) is 12.8 Å². The van der Waals surface area contributed by atoms with Crippen molar-refractivity contribution in [2.24, 2.45) is 0 Å². The summed E-state index contributed by atoms with van der Waals surface area (Å²) in [5.74, 6) is -1.32. The first kappa shape index (κ1) is 9.08. The molecule has 1 saturated heterocycles. The van der Waals surface area contributed by atoms with Gasteiger partial charge in [0, 0.05) is 5.30 Å². The van der Waals surface area contributed by atoms with Gasteiger partial charge in [-0.05, 0) is 31.2 Å². The summed E-state index contributed by atoms with van der Waals surface area (Å²) >= 11 is 0. The maximum Gasteiger partial charge on any atom is 0.166 e. The molecule has 0 saturated carbocycles. The molecule has 0 unspecified atom stereocenters. The van der Waals surface area contributed by atoms with Gasteiger partial charge in [-0.1, -0.05) is 20.1 Å². The number of hydrogen-bond donors (Lipinski definition) is 0. The predicted molar refractivity (Wildman–Crippen MR) is 51.9 cm³/mol.